The van der Waals surface area contributed by atoms with Crippen LogP contribution in [0.15, 0.2) is 82.4 Å². The van der Waals surface area contributed by atoms with E-state index in [2.05, 4.69) is 62.2 Å². The van der Waals surface area contributed by atoms with E-state index in [9.17, 15) is 9.59 Å². The summed E-state index contributed by atoms with van der Waals surface area (Å²) in [6.45, 7) is 8.50. The van der Waals surface area contributed by atoms with Crippen molar-refractivity contribution < 1.29 is 9.47 Å². The summed E-state index contributed by atoms with van der Waals surface area (Å²) < 4.78 is 13.9. The first-order valence-electron chi connectivity index (χ1n) is 15.4. The zero-order valence-corrected chi connectivity index (χ0v) is 26.4. The van der Waals surface area contributed by atoms with Crippen LogP contribution in [0.4, 0.5) is 0 Å². The summed E-state index contributed by atoms with van der Waals surface area (Å²) in [5, 5.41) is 6.81. The van der Waals surface area contributed by atoms with Gasteiger partial charge in [-0.2, -0.15) is 0 Å². The first kappa shape index (κ1) is 30.7. The number of rotatable bonds is 12. The Hall–Kier alpha value is -4.72. The Balaban J connectivity index is 1.79. The highest BCUT2D eigenvalue weighted by Gasteiger charge is 2.32. The third kappa shape index (κ3) is 5.89. The van der Waals surface area contributed by atoms with Crippen molar-refractivity contribution in [1.82, 2.24) is 19.6 Å². The Labute approximate surface area is 258 Å². The van der Waals surface area contributed by atoms with Crippen molar-refractivity contribution in [3.05, 3.63) is 127 Å². The Morgan fingerprint density at radius 2 is 1.00 bits per heavy atom. The fraction of sp³-hybridized carbons (Fsp3) is 0.333. The molecule has 0 saturated carbocycles. The van der Waals surface area contributed by atoms with Crippen LogP contribution in [0.5, 0.6) is 11.5 Å². The van der Waals surface area contributed by atoms with Gasteiger partial charge in [-0.1, -0.05) is 64.8 Å². The zero-order valence-electron chi connectivity index (χ0n) is 26.4. The minimum Gasteiger partial charge on any atom is -0.497 e. The van der Waals surface area contributed by atoms with E-state index in [-0.39, 0.29) is 11.1 Å². The molecule has 5 aromatic rings. The molecule has 0 spiro atoms. The van der Waals surface area contributed by atoms with Crippen LogP contribution < -0.4 is 20.6 Å². The molecule has 0 bridgehead atoms. The summed E-state index contributed by atoms with van der Waals surface area (Å²) >= 11 is 0. The van der Waals surface area contributed by atoms with Gasteiger partial charge < -0.3 is 9.47 Å². The van der Waals surface area contributed by atoms with Gasteiger partial charge in [0.1, 0.15) is 11.5 Å². The molecule has 0 aliphatic heterocycles. The molecule has 3 aromatic carbocycles. The minimum atomic E-state index is -0.578. The normalized spacial score (nSPS) is 11.5. The lowest BCUT2D eigenvalue weighted by Crippen LogP contribution is -2.25. The van der Waals surface area contributed by atoms with Crippen molar-refractivity contribution in [1.29, 1.82) is 0 Å². The number of nitrogens with one attached hydrogen (secondary N) is 2. The maximum absolute atomic E-state index is 14.5. The van der Waals surface area contributed by atoms with Gasteiger partial charge in [-0.05, 0) is 78.4 Å². The number of methoxy groups -OCH3 is 2. The predicted molar refractivity (Wildman–Crippen MR) is 175 cm³/mol. The molecule has 0 saturated heterocycles. The molecule has 0 radical (unpaired) electrons. The number of benzene rings is 3. The molecular formula is C36H42N4O4. The van der Waals surface area contributed by atoms with Gasteiger partial charge in [0.2, 0.25) is 0 Å². The van der Waals surface area contributed by atoms with Crippen molar-refractivity contribution in [2.45, 2.75) is 65.2 Å². The summed E-state index contributed by atoms with van der Waals surface area (Å²) in [7, 11) is 3.23. The van der Waals surface area contributed by atoms with Crippen molar-refractivity contribution in [2.24, 2.45) is 0 Å². The molecule has 44 heavy (non-hydrogen) atoms. The van der Waals surface area contributed by atoms with Crippen LogP contribution in [0, 0.1) is 0 Å². The van der Waals surface area contributed by atoms with Crippen LogP contribution in [-0.4, -0.2) is 33.8 Å². The molecule has 2 heterocycles. The first-order valence-corrected chi connectivity index (χ1v) is 15.4. The van der Waals surface area contributed by atoms with Crippen molar-refractivity contribution in [3.63, 3.8) is 0 Å². The first-order chi connectivity index (χ1) is 21.3. The van der Waals surface area contributed by atoms with Crippen LogP contribution in [-0.2, 0) is 12.8 Å². The third-order valence-electron chi connectivity index (χ3n) is 8.19. The second-order valence-corrected chi connectivity index (χ2v) is 11.4. The van der Waals surface area contributed by atoms with E-state index in [0.717, 1.165) is 29.8 Å². The molecule has 0 unspecified atom stereocenters. The molecule has 230 valence electrons. The number of hydrogen-bond donors (Lipinski definition) is 2. The number of aromatic nitrogens is 4. The average Bonchev–Trinajstić information content (AvgIpc) is 3.54. The van der Waals surface area contributed by atoms with Crippen molar-refractivity contribution in [2.75, 3.05) is 14.2 Å². The average molecular weight is 595 g/mol. The molecular weight excluding hydrogens is 552 g/mol. The van der Waals surface area contributed by atoms with Gasteiger partial charge in [0.15, 0.2) is 0 Å². The minimum absolute atomic E-state index is 0.171. The lowest BCUT2D eigenvalue weighted by molar-refractivity contribution is 0.414. The van der Waals surface area contributed by atoms with Gasteiger partial charge in [0, 0.05) is 17.3 Å². The standard InChI is InChI=1S/C36H42N4O4/c1-7-9-30-33(35(41)39(37-30)26-15-19-28(43-5)20-16-26)32(25-13-11-24(12-14-25)23(3)4)34-31(10-8-2)38-40(36(34)42)27-17-21-29(44-6)22-18-27/h11-23,32,37-38H,7-10H2,1-6H3. The molecule has 0 atom stereocenters. The van der Waals surface area contributed by atoms with E-state index in [0.29, 0.717) is 52.8 Å². The molecule has 0 amide bonds. The number of aromatic amines is 2. The molecule has 5 rings (SSSR count). The molecule has 0 fully saturated rings. The molecule has 8 heteroatoms. The van der Waals surface area contributed by atoms with E-state index < -0.39 is 5.92 Å². The topological polar surface area (TPSA) is 94.0 Å². The predicted octanol–water partition coefficient (Wildman–Crippen LogP) is 6.87. The third-order valence-corrected chi connectivity index (χ3v) is 8.19. The second-order valence-electron chi connectivity index (χ2n) is 11.4. The van der Waals surface area contributed by atoms with E-state index in [1.165, 1.54) is 5.56 Å². The van der Waals surface area contributed by atoms with E-state index in [1.807, 2.05) is 48.5 Å². The summed E-state index contributed by atoms with van der Waals surface area (Å²) in [5.74, 6) is 1.20. The number of ether oxygens (including phenoxy) is 2. The molecule has 2 N–H and O–H groups in total. The maximum atomic E-state index is 14.5. The Bertz CT molecular complexity index is 1690. The lowest BCUT2D eigenvalue weighted by Gasteiger charge is -2.18. The van der Waals surface area contributed by atoms with Crippen LogP contribution in [0.2, 0.25) is 0 Å². The Morgan fingerprint density at radius 1 is 0.614 bits per heavy atom. The highest BCUT2D eigenvalue weighted by Crippen LogP contribution is 2.34. The zero-order chi connectivity index (χ0) is 31.4. The molecule has 8 nitrogen and oxygen atoms in total. The highest BCUT2D eigenvalue weighted by atomic mass is 16.5. The number of H-pyrrole nitrogens is 2. The fourth-order valence-electron chi connectivity index (χ4n) is 5.84. The highest BCUT2D eigenvalue weighted by molar-refractivity contribution is 5.49. The summed E-state index contributed by atoms with van der Waals surface area (Å²) in [5.41, 5.74) is 6.00. The van der Waals surface area contributed by atoms with Gasteiger partial charge in [0.25, 0.3) is 11.1 Å². The monoisotopic (exact) mass is 594 g/mol. The van der Waals surface area contributed by atoms with E-state index >= 15 is 0 Å². The number of nitrogens with zero attached hydrogens (tertiary/aromatic N) is 2. The van der Waals surface area contributed by atoms with Crippen molar-refractivity contribution in [3.8, 4) is 22.9 Å². The molecule has 2 aromatic heterocycles. The van der Waals surface area contributed by atoms with Gasteiger partial charge >= 0.3 is 0 Å². The van der Waals surface area contributed by atoms with Crippen LogP contribution in [0.3, 0.4) is 0 Å². The van der Waals surface area contributed by atoms with Crippen LogP contribution in [0.1, 0.15) is 86.0 Å². The largest absolute Gasteiger partial charge is 0.497 e. The summed E-state index contributed by atoms with van der Waals surface area (Å²) in [6.07, 6.45) is 2.99. The van der Waals surface area contributed by atoms with Crippen LogP contribution in [0.25, 0.3) is 11.4 Å². The number of hydrogen-bond acceptors (Lipinski definition) is 4. The van der Waals surface area contributed by atoms with Gasteiger partial charge in [-0.25, -0.2) is 9.36 Å². The van der Waals surface area contributed by atoms with Crippen LogP contribution >= 0.6 is 0 Å². The summed E-state index contributed by atoms with van der Waals surface area (Å²) in [4.78, 5) is 29.0. The Morgan fingerprint density at radius 3 is 1.34 bits per heavy atom. The van der Waals surface area contributed by atoms with Gasteiger partial charge in [-0.3, -0.25) is 19.8 Å². The smallest absolute Gasteiger partial charge is 0.275 e. The van der Waals surface area contributed by atoms with Gasteiger partial charge in [-0.15, -0.1) is 0 Å². The van der Waals surface area contributed by atoms with Gasteiger partial charge in [0.05, 0.1) is 36.7 Å². The fourth-order valence-corrected chi connectivity index (χ4v) is 5.84. The SMILES string of the molecule is CCCc1[nH]n(-c2ccc(OC)cc2)c(=O)c1C(c1ccc(C(C)C)cc1)c1c(CCC)[nH]n(-c2ccc(OC)cc2)c1=O. The molecule has 0 aliphatic rings. The maximum Gasteiger partial charge on any atom is 0.275 e. The quantitative estimate of drug-likeness (QED) is 0.165. The number of aryl methyl sites for hydroxylation is 2. The van der Waals surface area contributed by atoms with Crippen molar-refractivity contribution >= 4 is 0 Å². The lowest BCUT2D eigenvalue weighted by atomic mass is 9.83. The van der Waals surface area contributed by atoms with E-state index in [1.54, 1.807) is 23.6 Å². The van der Waals surface area contributed by atoms with E-state index in [4.69, 9.17) is 9.47 Å². The Kier molecular flexibility index (Phi) is 9.28. The summed E-state index contributed by atoms with van der Waals surface area (Å²) in [6, 6.07) is 23.1. The molecule has 0 aliphatic carbocycles. The second kappa shape index (κ2) is 13.3.